The minimum atomic E-state index is 0.281. The van der Waals surface area contributed by atoms with Crippen LogP contribution in [0, 0.1) is 0 Å². The molecule has 0 aromatic carbocycles. The van der Waals surface area contributed by atoms with Gasteiger partial charge in [0.15, 0.2) is 0 Å². The van der Waals surface area contributed by atoms with E-state index in [0.717, 1.165) is 45.3 Å². The molecule has 38 heavy (non-hydrogen) atoms. The van der Waals surface area contributed by atoms with Crippen molar-refractivity contribution in [2.45, 2.75) is 96.8 Å². The van der Waals surface area contributed by atoms with E-state index in [1.54, 1.807) is 0 Å². The summed E-state index contributed by atoms with van der Waals surface area (Å²) in [5, 5.41) is 8.71. The SMILES string of the molecule is CCCCCCCCCCCCOCCOCCOCCOCCOCCOCCOCCCCCCO. The fraction of sp³-hybridized carbons (Fsp3) is 1.00. The fourth-order valence-corrected chi connectivity index (χ4v) is 3.78. The largest absolute Gasteiger partial charge is 0.396 e. The molecular formula is C30H62O8. The summed E-state index contributed by atoms with van der Waals surface area (Å²) in [5.74, 6) is 0. The van der Waals surface area contributed by atoms with Crippen molar-refractivity contribution in [3.05, 3.63) is 0 Å². The Bertz CT molecular complexity index is 364. The van der Waals surface area contributed by atoms with Crippen molar-refractivity contribution in [1.82, 2.24) is 0 Å². The first-order valence-corrected chi connectivity index (χ1v) is 15.6. The first kappa shape index (κ1) is 37.7. The van der Waals surface area contributed by atoms with E-state index in [2.05, 4.69) is 6.92 Å². The second-order valence-electron chi connectivity index (χ2n) is 9.61. The van der Waals surface area contributed by atoms with Gasteiger partial charge in [0, 0.05) is 19.8 Å². The lowest BCUT2D eigenvalue weighted by molar-refractivity contribution is -0.0206. The van der Waals surface area contributed by atoms with Crippen LogP contribution >= 0.6 is 0 Å². The van der Waals surface area contributed by atoms with Crippen molar-refractivity contribution in [2.24, 2.45) is 0 Å². The van der Waals surface area contributed by atoms with Crippen LogP contribution in [0.1, 0.15) is 96.8 Å². The maximum Gasteiger partial charge on any atom is 0.0701 e. The molecule has 0 spiro atoms. The Morgan fingerprint density at radius 2 is 0.526 bits per heavy atom. The Hall–Kier alpha value is -0.320. The zero-order chi connectivity index (χ0) is 27.5. The Labute approximate surface area is 234 Å². The number of rotatable bonds is 35. The van der Waals surface area contributed by atoms with E-state index in [-0.39, 0.29) is 6.61 Å². The van der Waals surface area contributed by atoms with Crippen LogP contribution in [0.2, 0.25) is 0 Å². The van der Waals surface area contributed by atoms with E-state index >= 15 is 0 Å². The van der Waals surface area contributed by atoms with Gasteiger partial charge >= 0.3 is 0 Å². The number of ether oxygens (including phenoxy) is 7. The lowest BCUT2D eigenvalue weighted by atomic mass is 10.1. The van der Waals surface area contributed by atoms with Crippen molar-refractivity contribution in [2.75, 3.05) is 99.1 Å². The Kier molecular flexibility index (Phi) is 36.4. The Morgan fingerprint density at radius 3 is 0.816 bits per heavy atom. The average molecular weight is 551 g/mol. The van der Waals surface area contributed by atoms with Crippen molar-refractivity contribution in [3.8, 4) is 0 Å². The number of unbranched alkanes of at least 4 members (excludes halogenated alkanes) is 12. The molecule has 0 aliphatic rings. The lowest BCUT2D eigenvalue weighted by Crippen LogP contribution is -2.14. The molecule has 8 heteroatoms. The van der Waals surface area contributed by atoms with Gasteiger partial charge in [0.05, 0.1) is 79.3 Å². The molecule has 0 aliphatic carbocycles. The summed E-state index contributed by atoms with van der Waals surface area (Å²) in [6, 6.07) is 0. The third-order valence-electron chi connectivity index (χ3n) is 6.07. The third-order valence-corrected chi connectivity index (χ3v) is 6.07. The minimum Gasteiger partial charge on any atom is -0.396 e. The molecule has 0 radical (unpaired) electrons. The van der Waals surface area contributed by atoms with E-state index < -0.39 is 0 Å². The quantitative estimate of drug-likeness (QED) is 0.102. The third kappa shape index (κ3) is 35.7. The van der Waals surface area contributed by atoms with Crippen LogP contribution in [-0.4, -0.2) is 104 Å². The number of aliphatic hydroxyl groups excluding tert-OH is 1. The van der Waals surface area contributed by atoms with Gasteiger partial charge in [-0.05, 0) is 19.3 Å². The zero-order valence-electron chi connectivity index (χ0n) is 24.8. The monoisotopic (exact) mass is 550 g/mol. The summed E-state index contributed by atoms with van der Waals surface area (Å²) in [6.07, 6.45) is 17.6. The topological polar surface area (TPSA) is 84.8 Å². The summed E-state index contributed by atoms with van der Waals surface area (Å²) in [4.78, 5) is 0. The van der Waals surface area contributed by atoms with Gasteiger partial charge in [0.2, 0.25) is 0 Å². The highest BCUT2D eigenvalue weighted by Gasteiger charge is 1.96. The second-order valence-corrected chi connectivity index (χ2v) is 9.61. The molecule has 8 nitrogen and oxygen atoms in total. The number of hydrogen-bond acceptors (Lipinski definition) is 8. The molecule has 0 saturated carbocycles. The molecule has 0 aromatic heterocycles. The first-order chi connectivity index (χ1) is 18.9. The maximum atomic E-state index is 8.71. The molecular weight excluding hydrogens is 488 g/mol. The predicted molar refractivity (Wildman–Crippen MR) is 153 cm³/mol. The van der Waals surface area contributed by atoms with Gasteiger partial charge in [0.25, 0.3) is 0 Å². The summed E-state index contributed by atoms with van der Waals surface area (Å²) in [7, 11) is 0. The Balaban J connectivity index is 3.01. The highest BCUT2D eigenvalue weighted by atomic mass is 16.6. The maximum absolute atomic E-state index is 8.71. The molecule has 0 saturated heterocycles. The van der Waals surface area contributed by atoms with E-state index in [1.807, 2.05) is 0 Å². The predicted octanol–water partition coefficient (Wildman–Crippen LogP) is 5.58. The van der Waals surface area contributed by atoms with Gasteiger partial charge < -0.3 is 38.3 Å². The van der Waals surface area contributed by atoms with Crippen LogP contribution in [0.4, 0.5) is 0 Å². The van der Waals surface area contributed by atoms with E-state index in [4.69, 9.17) is 38.3 Å². The molecule has 0 aliphatic heterocycles. The van der Waals surface area contributed by atoms with Gasteiger partial charge in [-0.15, -0.1) is 0 Å². The minimum absolute atomic E-state index is 0.281. The molecule has 0 fully saturated rings. The van der Waals surface area contributed by atoms with Crippen LogP contribution in [0.5, 0.6) is 0 Å². The average Bonchev–Trinajstić information content (AvgIpc) is 2.93. The second kappa shape index (κ2) is 36.7. The van der Waals surface area contributed by atoms with E-state index in [9.17, 15) is 0 Å². The first-order valence-electron chi connectivity index (χ1n) is 15.6. The highest BCUT2D eigenvalue weighted by molar-refractivity contribution is 4.47. The summed E-state index contributed by atoms with van der Waals surface area (Å²) in [5.41, 5.74) is 0. The number of hydrogen-bond donors (Lipinski definition) is 1. The fourth-order valence-electron chi connectivity index (χ4n) is 3.78. The standard InChI is InChI=1S/C30H62O8/c1-2-3-4-5-6-7-8-9-11-14-17-32-19-21-34-23-25-36-27-29-38-30-28-37-26-24-35-22-20-33-18-15-12-10-13-16-31/h31H,2-30H2,1H3. The van der Waals surface area contributed by atoms with E-state index in [0.29, 0.717) is 79.3 Å². The molecule has 230 valence electrons. The van der Waals surface area contributed by atoms with Gasteiger partial charge in [-0.25, -0.2) is 0 Å². The van der Waals surface area contributed by atoms with E-state index in [1.165, 1.54) is 57.8 Å². The molecule has 0 heterocycles. The van der Waals surface area contributed by atoms with Crippen molar-refractivity contribution in [3.63, 3.8) is 0 Å². The zero-order valence-corrected chi connectivity index (χ0v) is 24.8. The van der Waals surface area contributed by atoms with Crippen LogP contribution in [-0.2, 0) is 33.2 Å². The van der Waals surface area contributed by atoms with Gasteiger partial charge in [-0.1, -0.05) is 77.6 Å². The smallest absolute Gasteiger partial charge is 0.0701 e. The molecule has 0 atom stereocenters. The summed E-state index contributed by atoms with van der Waals surface area (Å²) < 4.78 is 38.6. The molecule has 0 rings (SSSR count). The van der Waals surface area contributed by atoms with Crippen molar-refractivity contribution in [1.29, 1.82) is 0 Å². The lowest BCUT2D eigenvalue weighted by Gasteiger charge is -2.08. The molecule has 1 N–H and O–H groups in total. The molecule has 0 unspecified atom stereocenters. The molecule has 0 bridgehead atoms. The van der Waals surface area contributed by atoms with Crippen LogP contribution < -0.4 is 0 Å². The van der Waals surface area contributed by atoms with Gasteiger partial charge in [0.1, 0.15) is 0 Å². The van der Waals surface area contributed by atoms with Crippen LogP contribution in [0.3, 0.4) is 0 Å². The van der Waals surface area contributed by atoms with Gasteiger partial charge in [-0.3, -0.25) is 0 Å². The van der Waals surface area contributed by atoms with Crippen molar-refractivity contribution < 1.29 is 38.3 Å². The van der Waals surface area contributed by atoms with Crippen LogP contribution in [0.15, 0.2) is 0 Å². The van der Waals surface area contributed by atoms with Gasteiger partial charge in [-0.2, -0.15) is 0 Å². The number of aliphatic hydroxyl groups is 1. The van der Waals surface area contributed by atoms with Crippen molar-refractivity contribution >= 4 is 0 Å². The summed E-state index contributed by atoms with van der Waals surface area (Å²) >= 11 is 0. The van der Waals surface area contributed by atoms with Crippen LogP contribution in [0.25, 0.3) is 0 Å². The normalized spacial score (nSPS) is 11.5. The molecule has 0 aromatic rings. The molecule has 0 amide bonds. The Morgan fingerprint density at radius 1 is 0.289 bits per heavy atom. The highest BCUT2D eigenvalue weighted by Crippen LogP contribution is 2.10. The summed E-state index contributed by atoms with van der Waals surface area (Å²) in [6.45, 7) is 11.1.